The summed E-state index contributed by atoms with van der Waals surface area (Å²) >= 11 is 0. The minimum atomic E-state index is 0.321. The third-order valence-electron chi connectivity index (χ3n) is 2.68. The Balaban J connectivity index is 2.32. The number of nitrogens with one attached hydrogen (secondary N) is 1. The zero-order valence-electron chi connectivity index (χ0n) is 10.8. The van der Waals surface area contributed by atoms with Crippen LogP contribution in [0.4, 0.5) is 0 Å². The average molecular weight is 221 g/mol. The van der Waals surface area contributed by atoms with Gasteiger partial charge in [-0.2, -0.15) is 0 Å². The van der Waals surface area contributed by atoms with E-state index < -0.39 is 0 Å². The third kappa shape index (κ3) is 4.33. The van der Waals surface area contributed by atoms with Crippen molar-refractivity contribution in [1.29, 1.82) is 0 Å². The quantitative estimate of drug-likeness (QED) is 0.746. The zero-order valence-corrected chi connectivity index (χ0v) is 10.8. The van der Waals surface area contributed by atoms with Crippen molar-refractivity contribution in [3.8, 4) is 0 Å². The van der Waals surface area contributed by atoms with E-state index in [0.29, 0.717) is 6.10 Å². The van der Waals surface area contributed by atoms with E-state index in [4.69, 9.17) is 4.74 Å². The van der Waals surface area contributed by atoms with Crippen LogP contribution in [0.1, 0.15) is 30.5 Å². The lowest BCUT2D eigenvalue weighted by Crippen LogP contribution is -2.21. The molecule has 0 bridgehead atoms. The lowest BCUT2D eigenvalue weighted by atomic mass is 10.0. The molecule has 0 saturated carbocycles. The van der Waals surface area contributed by atoms with E-state index >= 15 is 0 Å². The molecule has 0 aliphatic rings. The summed E-state index contributed by atoms with van der Waals surface area (Å²) in [7, 11) is 0. The van der Waals surface area contributed by atoms with Gasteiger partial charge in [-0.25, -0.2) is 0 Å². The second-order valence-electron chi connectivity index (χ2n) is 4.47. The summed E-state index contributed by atoms with van der Waals surface area (Å²) in [6.45, 7) is 11.1. The maximum atomic E-state index is 5.48. The van der Waals surface area contributed by atoms with Gasteiger partial charge < -0.3 is 10.1 Å². The normalized spacial score (nSPS) is 11.1. The van der Waals surface area contributed by atoms with Gasteiger partial charge in [-0.15, -0.1) is 0 Å². The van der Waals surface area contributed by atoms with Crippen molar-refractivity contribution in [2.45, 2.75) is 40.3 Å². The molecule has 0 heterocycles. The van der Waals surface area contributed by atoms with Gasteiger partial charge in [-0.1, -0.05) is 18.2 Å². The van der Waals surface area contributed by atoms with Crippen LogP contribution < -0.4 is 5.32 Å². The van der Waals surface area contributed by atoms with Gasteiger partial charge in [-0.3, -0.25) is 0 Å². The van der Waals surface area contributed by atoms with Gasteiger partial charge in [0.2, 0.25) is 0 Å². The minimum absolute atomic E-state index is 0.321. The molecule has 0 aliphatic heterocycles. The first kappa shape index (κ1) is 13.2. The monoisotopic (exact) mass is 221 g/mol. The van der Waals surface area contributed by atoms with Gasteiger partial charge in [0.15, 0.2) is 0 Å². The average Bonchev–Trinajstić information content (AvgIpc) is 2.21. The number of ether oxygens (including phenoxy) is 1. The predicted molar refractivity (Wildman–Crippen MR) is 68.7 cm³/mol. The van der Waals surface area contributed by atoms with E-state index in [0.717, 1.165) is 19.7 Å². The summed E-state index contributed by atoms with van der Waals surface area (Å²) in [6, 6.07) is 6.43. The lowest BCUT2D eigenvalue weighted by Gasteiger charge is -2.12. The summed E-state index contributed by atoms with van der Waals surface area (Å²) in [5.74, 6) is 0. The van der Waals surface area contributed by atoms with Crippen LogP contribution in [0.25, 0.3) is 0 Å². The molecule has 1 rings (SSSR count). The number of aryl methyl sites for hydroxylation is 2. The first-order valence-corrected chi connectivity index (χ1v) is 5.98. The molecule has 0 unspecified atom stereocenters. The fraction of sp³-hybridized carbons (Fsp3) is 0.571. The number of hydrogen-bond acceptors (Lipinski definition) is 2. The predicted octanol–water partition coefficient (Wildman–Crippen LogP) is 2.82. The maximum Gasteiger partial charge on any atom is 0.0594 e. The maximum absolute atomic E-state index is 5.48. The number of benzene rings is 1. The van der Waals surface area contributed by atoms with Gasteiger partial charge in [0.25, 0.3) is 0 Å². The van der Waals surface area contributed by atoms with Crippen LogP contribution in [0, 0.1) is 13.8 Å². The fourth-order valence-electron chi connectivity index (χ4n) is 1.71. The van der Waals surface area contributed by atoms with Crippen molar-refractivity contribution < 1.29 is 4.74 Å². The van der Waals surface area contributed by atoms with Crippen molar-refractivity contribution in [1.82, 2.24) is 5.32 Å². The van der Waals surface area contributed by atoms with E-state index in [1.807, 2.05) is 0 Å². The van der Waals surface area contributed by atoms with Crippen LogP contribution in [-0.4, -0.2) is 19.3 Å². The summed E-state index contributed by atoms with van der Waals surface area (Å²) in [6.07, 6.45) is 0.321. The highest BCUT2D eigenvalue weighted by atomic mass is 16.5. The Kier molecular flexibility index (Phi) is 5.50. The van der Waals surface area contributed by atoms with Crippen molar-refractivity contribution in [3.05, 3.63) is 34.9 Å². The van der Waals surface area contributed by atoms with Crippen LogP contribution in [-0.2, 0) is 11.3 Å². The molecule has 90 valence electrons. The lowest BCUT2D eigenvalue weighted by molar-refractivity contribution is 0.0807. The molecule has 0 aliphatic carbocycles. The first-order valence-electron chi connectivity index (χ1n) is 5.98. The SMILES string of the molecule is Cc1cccc(C)c1CNCCOC(C)C. The van der Waals surface area contributed by atoms with E-state index in [1.54, 1.807) is 0 Å². The molecule has 0 radical (unpaired) electrons. The van der Waals surface area contributed by atoms with E-state index in [2.05, 4.69) is 51.2 Å². The molecular formula is C14H23NO. The minimum Gasteiger partial charge on any atom is -0.377 e. The third-order valence-corrected chi connectivity index (χ3v) is 2.68. The van der Waals surface area contributed by atoms with Crippen molar-refractivity contribution in [2.75, 3.05) is 13.2 Å². The highest BCUT2D eigenvalue weighted by Gasteiger charge is 2.01. The van der Waals surface area contributed by atoms with Gasteiger partial charge >= 0.3 is 0 Å². The zero-order chi connectivity index (χ0) is 12.0. The Bertz CT molecular complexity index is 300. The fourth-order valence-corrected chi connectivity index (χ4v) is 1.71. The standard InChI is InChI=1S/C14H23NO/c1-11(2)16-9-8-15-10-14-12(3)6-5-7-13(14)4/h5-7,11,15H,8-10H2,1-4H3. The molecule has 0 atom stereocenters. The molecule has 0 amide bonds. The molecule has 1 N–H and O–H groups in total. The second-order valence-corrected chi connectivity index (χ2v) is 4.47. The molecule has 0 fully saturated rings. The van der Waals surface area contributed by atoms with Crippen LogP contribution in [0.2, 0.25) is 0 Å². The summed E-state index contributed by atoms with van der Waals surface area (Å²) in [5, 5.41) is 3.41. The molecule has 0 spiro atoms. The van der Waals surface area contributed by atoms with Gasteiger partial charge in [0.05, 0.1) is 12.7 Å². The molecule has 1 aromatic carbocycles. The van der Waals surface area contributed by atoms with Gasteiger partial charge in [0.1, 0.15) is 0 Å². The Morgan fingerprint density at radius 3 is 2.38 bits per heavy atom. The van der Waals surface area contributed by atoms with Gasteiger partial charge in [0, 0.05) is 13.1 Å². The molecule has 0 saturated heterocycles. The number of rotatable bonds is 6. The smallest absolute Gasteiger partial charge is 0.0594 e. The largest absolute Gasteiger partial charge is 0.377 e. The summed E-state index contributed by atoms with van der Waals surface area (Å²) < 4.78 is 5.48. The van der Waals surface area contributed by atoms with Crippen LogP contribution in [0.5, 0.6) is 0 Å². The van der Waals surface area contributed by atoms with Gasteiger partial charge in [-0.05, 0) is 44.4 Å². The van der Waals surface area contributed by atoms with Crippen LogP contribution >= 0.6 is 0 Å². The van der Waals surface area contributed by atoms with E-state index in [-0.39, 0.29) is 0 Å². The molecule has 1 aromatic rings. The van der Waals surface area contributed by atoms with Crippen molar-refractivity contribution >= 4 is 0 Å². The Hall–Kier alpha value is -0.860. The molecule has 2 nitrogen and oxygen atoms in total. The second kappa shape index (κ2) is 6.66. The van der Waals surface area contributed by atoms with Crippen molar-refractivity contribution in [2.24, 2.45) is 0 Å². The van der Waals surface area contributed by atoms with Crippen LogP contribution in [0.15, 0.2) is 18.2 Å². The van der Waals surface area contributed by atoms with E-state index in [1.165, 1.54) is 16.7 Å². The number of hydrogen-bond donors (Lipinski definition) is 1. The highest BCUT2D eigenvalue weighted by molar-refractivity contribution is 5.33. The molecular weight excluding hydrogens is 198 g/mol. The Morgan fingerprint density at radius 1 is 1.19 bits per heavy atom. The summed E-state index contributed by atoms with van der Waals surface area (Å²) in [5.41, 5.74) is 4.13. The molecule has 2 heteroatoms. The summed E-state index contributed by atoms with van der Waals surface area (Å²) in [4.78, 5) is 0. The first-order chi connectivity index (χ1) is 7.61. The van der Waals surface area contributed by atoms with E-state index in [9.17, 15) is 0 Å². The topological polar surface area (TPSA) is 21.3 Å². The molecule has 16 heavy (non-hydrogen) atoms. The highest BCUT2D eigenvalue weighted by Crippen LogP contribution is 2.12. The Morgan fingerprint density at radius 2 is 1.81 bits per heavy atom. The Labute approximate surface area is 99.0 Å². The molecule has 0 aromatic heterocycles. The van der Waals surface area contributed by atoms with Crippen LogP contribution in [0.3, 0.4) is 0 Å². The van der Waals surface area contributed by atoms with Crippen molar-refractivity contribution in [3.63, 3.8) is 0 Å².